The molecule has 0 heterocycles. The molecule has 0 saturated heterocycles. The molecule has 0 bridgehead atoms. The van der Waals surface area contributed by atoms with Crippen molar-refractivity contribution in [3.63, 3.8) is 0 Å². The van der Waals surface area contributed by atoms with Gasteiger partial charge in [0.2, 0.25) is 0 Å². The van der Waals surface area contributed by atoms with Gasteiger partial charge in [-0.1, -0.05) is 11.6 Å². The Labute approximate surface area is 93.9 Å². The lowest BCUT2D eigenvalue weighted by molar-refractivity contribution is 0.405. The Morgan fingerprint density at radius 3 is 2.53 bits per heavy atom. The zero-order valence-electron chi connectivity index (χ0n) is 8.84. The van der Waals surface area contributed by atoms with E-state index in [1.54, 1.807) is 26.0 Å². The van der Waals surface area contributed by atoms with E-state index in [1.807, 2.05) is 0 Å². The first-order valence-electron chi connectivity index (χ1n) is 4.41. The lowest BCUT2D eigenvalue weighted by Gasteiger charge is -2.18. The van der Waals surface area contributed by atoms with E-state index >= 15 is 0 Å². The first-order chi connectivity index (χ1) is 6.94. The average Bonchev–Trinajstić information content (AvgIpc) is 2.21. The minimum atomic E-state index is -0.778. The van der Waals surface area contributed by atoms with Gasteiger partial charge in [-0.05, 0) is 26.0 Å². The van der Waals surface area contributed by atoms with Crippen LogP contribution < -0.4 is 4.74 Å². The third kappa shape index (κ3) is 2.00. The summed E-state index contributed by atoms with van der Waals surface area (Å²) in [5, 5.41) is 18.9. The van der Waals surface area contributed by atoms with Gasteiger partial charge in [0.25, 0.3) is 0 Å². The predicted molar refractivity (Wildman–Crippen MR) is 58.3 cm³/mol. The number of hydrogen-bond donors (Lipinski definition) is 1. The maximum absolute atomic E-state index is 9.81. The van der Waals surface area contributed by atoms with Gasteiger partial charge in [0.15, 0.2) is 0 Å². The van der Waals surface area contributed by atoms with Crippen LogP contribution in [-0.4, -0.2) is 12.2 Å². The molecule has 0 fully saturated rings. The van der Waals surface area contributed by atoms with Gasteiger partial charge >= 0.3 is 0 Å². The topological polar surface area (TPSA) is 53.2 Å². The zero-order chi connectivity index (χ0) is 11.6. The Morgan fingerprint density at radius 1 is 1.47 bits per heavy atom. The molecule has 0 atom stereocenters. The van der Waals surface area contributed by atoms with Crippen molar-refractivity contribution in [2.75, 3.05) is 7.11 Å². The number of halogens is 1. The molecule has 3 nitrogen and oxygen atoms in total. The number of nitriles is 1. The molecule has 0 aliphatic heterocycles. The molecule has 1 aromatic rings. The maximum Gasteiger partial charge on any atom is 0.142 e. The molecule has 4 heteroatoms. The monoisotopic (exact) mass is 225 g/mol. The largest absolute Gasteiger partial charge is 0.506 e. The van der Waals surface area contributed by atoms with E-state index < -0.39 is 5.41 Å². The van der Waals surface area contributed by atoms with Crippen molar-refractivity contribution in [2.45, 2.75) is 19.3 Å². The standard InChI is InChI=1S/C11H12ClNO2/c1-11(2,6-13)7-4-5-8(15-3)9(12)10(7)14/h4-5,14H,1-3H3. The minimum absolute atomic E-state index is 0.0948. The highest BCUT2D eigenvalue weighted by Gasteiger charge is 2.25. The lowest BCUT2D eigenvalue weighted by atomic mass is 9.85. The number of ether oxygens (including phenoxy) is 1. The summed E-state index contributed by atoms with van der Waals surface area (Å²) in [6.07, 6.45) is 0. The van der Waals surface area contributed by atoms with Crippen LogP contribution in [0, 0.1) is 11.3 Å². The molecule has 1 aromatic carbocycles. The van der Waals surface area contributed by atoms with Crippen LogP contribution in [-0.2, 0) is 5.41 Å². The zero-order valence-corrected chi connectivity index (χ0v) is 9.59. The summed E-state index contributed by atoms with van der Waals surface area (Å²) >= 11 is 5.88. The molecule has 1 rings (SSSR count). The fourth-order valence-electron chi connectivity index (χ4n) is 1.27. The Hall–Kier alpha value is -1.40. The van der Waals surface area contributed by atoms with Gasteiger partial charge in [-0.3, -0.25) is 0 Å². The normalized spacial score (nSPS) is 10.9. The highest BCUT2D eigenvalue weighted by Crippen LogP contribution is 2.40. The van der Waals surface area contributed by atoms with Crippen molar-refractivity contribution < 1.29 is 9.84 Å². The third-order valence-electron chi connectivity index (χ3n) is 2.25. The van der Waals surface area contributed by atoms with E-state index in [-0.39, 0.29) is 10.8 Å². The third-order valence-corrected chi connectivity index (χ3v) is 2.62. The van der Waals surface area contributed by atoms with Crippen molar-refractivity contribution in [3.8, 4) is 17.6 Å². The highest BCUT2D eigenvalue weighted by atomic mass is 35.5. The van der Waals surface area contributed by atoms with Crippen molar-refractivity contribution >= 4 is 11.6 Å². The fourth-order valence-corrected chi connectivity index (χ4v) is 1.51. The quantitative estimate of drug-likeness (QED) is 0.842. The van der Waals surface area contributed by atoms with Gasteiger partial charge in [0.05, 0.1) is 18.6 Å². The number of aromatic hydroxyl groups is 1. The van der Waals surface area contributed by atoms with Crippen LogP contribution in [0.25, 0.3) is 0 Å². The maximum atomic E-state index is 9.81. The van der Waals surface area contributed by atoms with Crippen LogP contribution in [0.5, 0.6) is 11.5 Å². The van der Waals surface area contributed by atoms with Gasteiger partial charge < -0.3 is 9.84 Å². The van der Waals surface area contributed by atoms with Crippen molar-refractivity contribution in [1.29, 1.82) is 5.26 Å². The summed E-state index contributed by atoms with van der Waals surface area (Å²) in [7, 11) is 1.47. The first-order valence-corrected chi connectivity index (χ1v) is 4.79. The van der Waals surface area contributed by atoms with E-state index in [2.05, 4.69) is 6.07 Å². The van der Waals surface area contributed by atoms with Crippen molar-refractivity contribution in [3.05, 3.63) is 22.7 Å². The summed E-state index contributed by atoms with van der Waals surface area (Å²) < 4.78 is 4.95. The van der Waals surface area contributed by atoms with E-state index in [9.17, 15) is 5.11 Å². The van der Waals surface area contributed by atoms with Gasteiger partial charge in [-0.2, -0.15) is 5.26 Å². The molecule has 0 aliphatic rings. The fraction of sp³-hybridized carbons (Fsp3) is 0.364. The average molecular weight is 226 g/mol. The second-order valence-corrected chi connectivity index (χ2v) is 4.09. The molecule has 0 amide bonds. The number of nitrogens with zero attached hydrogens (tertiary/aromatic N) is 1. The van der Waals surface area contributed by atoms with E-state index in [1.165, 1.54) is 7.11 Å². The van der Waals surface area contributed by atoms with Crippen LogP contribution >= 0.6 is 11.6 Å². The Kier molecular flexibility index (Phi) is 3.11. The van der Waals surface area contributed by atoms with E-state index in [4.69, 9.17) is 21.6 Å². The van der Waals surface area contributed by atoms with Gasteiger partial charge in [-0.25, -0.2) is 0 Å². The van der Waals surface area contributed by atoms with Crippen molar-refractivity contribution in [2.24, 2.45) is 0 Å². The summed E-state index contributed by atoms with van der Waals surface area (Å²) in [5.41, 5.74) is -0.282. The summed E-state index contributed by atoms with van der Waals surface area (Å²) in [5.74, 6) is 0.300. The van der Waals surface area contributed by atoms with Crippen LogP contribution in [0.2, 0.25) is 5.02 Å². The Bertz CT molecular complexity index is 421. The van der Waals surface area contributed by atoms with E-state index in [0.717, 1.165) is 0 Å². The molecule has 0 spiro atoms. The number of hydrogen-bond acceptors (Lipinski definition) is 3. The molecule has 0 radical (unpaired) electrons. The van der Waals surface area contributed by atoms with Crippen LogP contribution in [0.4, 0.5) is 0 Å². The minimum Gasteiger partial charge on any atom is -0.506 e. The SMILES string of the molecule is COc1ccc(C(C)(C)C#N)c(O)c1Cl. The molecule has 0 aromatic heterocycles. The highest BCUT2D eigenvalue weighted by molar-refractivity contribution is 6.33. The summed E-state index contributed by atoms with van der Waals surface area (Å²) in [6, 6.07) is 5.38. The number of benzene rings is 1. The molecule has 80 valence electrons. The van der Waals surface area contributed by atoms with Crippen molar-refractivity contribution in [1.82, 2.24) is 0 Å². The smallest absolute Gasteiger partial charge is 0.142 e. The molecule has 1 N–H and O–H groups in total. The van der Waals surface area contributed by atoms with Gasteiger partial charge in [0, 0.05) is 5.56 Å². The molecular weight excluding hydrogens is 214 g/mol. The second kappa shape index (κ2) is 4.00. The molecular formula is C11H12ClNO2. The lowest BCUT2D eigenvalue weighted by Crippen LogP contribution is -2.14. The summed E-state index contributed by atoms with van der Waals surface area (Å²) in [4.78, 5) is 0. The van der Waals surface area contributed by atoms with Crippen LogP contribution in [0.1, 0.15) is 19.4 Å². The first kappa shape index (κ1) is 11.7. The van der Waals surface area contributed by atoms with E-state index in [0.29, 0.717) is 11.3 Å². The Morgan fingerprint density at radius 2 is 2.07 bits per heavy atom. The van der Waals surface area contributed by atoms with Gasteiger partial charge in [0.1, 0.15) is 16.5 Å². The summed E-state index contributed by atoms with van der Waals surface area (Å²) in [6.45, 7) is 3.43. The molecule has 0 aliphatic carbocycles. The van der Waals surface area contributed by atoms with Crippen LogP contribution in [0.3, 0.4) is 0 Å². The molecule has 0 saturated carbocycles. The molecule has 0 unspecified atom stereocenters. The number of methoxy groups -OCH3 is 1. The number of rotatable bonds is 2. The Balaban J connectivity index is 3.38. The second-order valence-electron chi connectivity index (χ2n) is 3.71. The van der Waals surface area contributed by atoms with Gasteiger partial charge in [-0.15, -0.1) is 0 Å². The number of phenols is 1. The number of phenolic OH excluding ortho intramolecular Hbond substituents is 1. The van der Waals surface area contributed by atoms with Crippen LogP contribution in [0.15, 0.2) is 12.1 Å². The molecule has 15 heavy (non-hydrogen) atoms. The predicted octanol–water partition coefficient (Wildman–Crippen LogP) is 2.86.